The molecule has 1 aliphatic carbocycles. The fourth-order valence-electron chi connectivity index (χ4n) is 2.66. The van der Waals surface area contributed by atoms with Gasteiger partial charge in [-0.15, -0.1) is 0 Å². The minimum atomic E-state index is -0.953. The number of carbonyl (C=O) groups excluding carboxylic acids is 1. The number of carboxylic acids is 1. The molecule has 5 heteroatoms. The second-order valence-electron chi connectivity index (χ2n) is 5.07. The third-order valence-corrected chi connectivity index (χ3v) is 3.74. The van der Waals surface area contributed by atoms with E-state index in [0.717, 1.165) is 32.1 Å². The Morgan fingerprint density at radius 2 is 2.06 bits per heavy atom. The number of carboxylic acid groups (broad SMARTS) is 1. The lowest BCUT2D eigenvalue weighted by molar-refractivity contribution is -0.143. The van der Waals surface area contributed by atoms with Gasteiger partial charge < -0.3 is 16.2 Å². The third kappa shape index (κ3) is 3.98. The summed E-state index contributed by atoms with van der Waals surface area (Å²) in [6.07, 6.45) is 5.15. The molecule has 0 heterocycles. The SMILES string of the molecule is CCC[C@@H](NC(=O)C1CCCCC1CN)C(=O)O. The Morgan fingerprint density at radius 3 is 2.61 bits per heavy atom. The van der Waals surface area contributed by atoms with E-state index in [1.54, 1.807) is 0 Å². The van der Waals surface area contributed by atoms with Gasteiger partial charge in [0.05, 0.1) is 0 Å². The predicted octanol–water partition coefficient (Wildman–Crippen LogP) is 1.12. The monoisotopic (exact) mass is 256 g/mol. The number of hydrogen-bond donors (Lipinski definition) is 3. The zero-order valence-electron chi connectivity index (χ0n) is 11.0. The molecule has 18 heavy (non-hydrogen) atoms. The highest BCUT2D eigenvalue weighted by Crippen LogP contribution is 2.29. The third-order valence-electron chi connectivity index (χ3n) is 3.74. The summed E-state index contributed by atoms with van der Waals surface area (Å²) >= 11 is 0. The molecule has 104 valence electrons. The van der Waals surface area contributed by atoms with Gasteiger partial charge >= 0.3 is 5.97 Å². The number of amides is 1. The van der Waals surface area contributed by atoms with Gasteiger partial charge in [0.15, 0.2) is 0 Å². The van der Waals surface area contributed by atoms with Crippen molar-refractivity contribution in [2.45, 2.75) is 51.5 Å². The molecular formula is C13H24N2O3. The fourth-order valence-corrected chi connectivity index (χ4v) is 2.66. The van der Waals surface area contributed by atoms with Crippen molar-refractivity contribution < 1.29 is 14.7 Å². The van der Waals surface area contributed by atoms with Crippen LogP contribution in [0.4, 0.5) is 0 Å². The molecule has 0 aromatic heterocycles. The molecule has 1 aliphatic rings. The van der Waals surface area contributed by atoms with E-state index in [1.165, 1.54) is 0 Å². The Kier molecular flexibility index (Phi) is 6.12. The van der Waals surface area contributed by atoms with Gasteiger partial charge in [-0.05, 0) is 31.7 Å². The van der Waals surface area contributed by atoms with Crippen molar-refractivity contribution >= 4 is 11.9 Å². The molecule has 0 spiro atoms. The number of rotatable bonds is 6. The molecule has 1 fully saturated rings. The standard InChI is InChI=1S/C13H24N2O3/c1-2-5-11(13(17)18)15-12(16)10-7-4-3-6-9(10)8-14/h9-11H,2-8,14H2,1H3,(H,15,16)(H,17,18)/t9?,10?,11-/m1/s1. The molecule has 0 aromatic rings. The number of hydrogen-bond acceptors (Lipinski definition) is 3. The van der Waals surface area contributed by atoms with Gasteiger partial charge in [0, 0.05) is 5.92 Å². The van der Waals surface area contributed by atoms with Gasteiger partial charge in [-0.25, -0.2) is 4.79 Å². The zero-order valence-corrected chi connectivity index (χ0v) is 11.0. The molecule has 1 saturated carbocycles. The quantitative estimate of drug-likeness (QED) is 0.664. The lowest BCUT2D eigenvalue weighted by Gasteiger charge is -2.30. The van der Waals surface area contributed by atoms with E-state index in [-0.39, 0.29) is 17.7 Å². The van der Waals surface area contributed by atoms with Crippen molar-refractivity contribution in [3.05, 3.63) is 0 Å². The summed E-state index contributed by atoms with van der Waals surface area (Å²) in [4.78, 5) is 23.1. The summed E-state index contributed by atoms with van der Waals surface area (Å²) in [7, 11) is 0. The molecule has 2 unspecified atom stereocenters. The van der Waals surface area contributed by atoms with E-state index in [1.807, 2.05) is 6.92 Å². The first kappa shape index (κ1) is 15.0. The number of carbonyl (C=O) groups is 2. The smallest absolute Gasteiger partial charge is 0.326 e. The Hall–Kier alpha value is -1.10. The molecule has 0 aliphatic heterocycles. The van der Waals surface area contributed by atoms with Gasteiger partial charge in [-0.2, -0.15) is 0 Å². The van der Waals surface area contributed by atoms with Crippen LogP contribution in [-0.4, -0.2) is 29.6 Å². The molecule has 0 saturated heterocycles. The highest BCUT2D eigenvalue weighted by atomic mass is 16.4. The number of nitrogens with two attached hydrogens (primary N) is 1. The molecule has 3 atom stereocenters. The van der Waals surface area contributed by atoms with Crippen LogP contribution in [0.15, 0.2) is 0 Å². The molecule has 4 N–H and O–H groups in total. The minimum Gasteiger partial charge on any atom is -0.480 e. The first-order valence-electron chi connectivity index (χ1n) is 6.83. The summed E-state index contributed by atoms with van der Waals surface area (Å²) in [6.45, 7) is 2.41. The molecule has 1 rings (SSSR count). The molecule has 0 aromatic carbocycles. The Balaban J connectivity index is 2.58. The summed E-state index contributed by atoms with van der Waals surface area (Å²) < 4.78 is 0. The molecule has 1 amide bonds. The van der Waals surface area contributed by atoms with Crippen molar-refractivity contribution in [3.8, 4) is 0 Å². The van der Waals surface area contributed by atoms with Crippen molar-refractivity contribution in [2.24, 2.45) is 17.6 Å². The van der Waals surface area contributed by atoms with Crippen LogP contribution in [0.1, 0.15) is 45.4 Å². The van der Waals surface area contributed by atoms with Crippen LogP contribution in [0, 0.1) is 11.8 Å². The molecular weight excluding hydrogens is 232 g/mol. The van der Waals surface area contributed by atoms with Crippen molar-refractivity contribution in [1.82, 2.24) is 5.32 Å². The second-order valence-corrected chi connectivity index (χ2v) is 5.07. The topological polar surface area (TPSA) is 92.4 Å². The Morgan fingerprint density at radius 1 is 1.39 bits per heavy atom. The van der Waals surface area contributed by atoms with Gasteiger partial charge in [0.2, 0.25) is 5.91 Å². The van der Waals surface area contributed by atoms with E-state index in [9.17, 15) is 9.59 Å². The summed E-state index contributed by atoms with van der Waals surface area (Å²) in [5, 5.41) is 11.7. The minimum absolute atomic E-state index is 0.109. The molecule has 5 nitrogen and oxygen atoms in total. The van der Waals surface area contributed by atoms with Crippen molar-refractivity contribution in [2.75, 3.05) is 6.54 Å². The summed E-state index contributed by atoms with van der Waals surface area (Å²) in [5.74, 6) is -0.992. The van der Waals surface area contributed by atoms with Crippen LogP contribution in [-0.2, 0) is 9.59 Å². The summed E-state index contributed by atoms with van der Waals surface area (Å²) in [6, 6.07) is -0.761. The molecule has 0 radical (unpaired) electrons. The average molecular weight is 256 g/mol. The van der Waals surface area contributed by atoms with E-state index in [2.05, 4.69) is 5.32 Å². The van der Waals surface area contributed by atoms with Gasteiger partial charge in [-0.1, -0.05) is 26.2 Å². The lowest BCUT2D eigenvalue weighted by Crippen LogP contribution is -2.46. The average Bonchev–Trinajstić information content (AvgIpc) is 2.37. The van der Waals surface area contributed by atoms with E-state index >= 15 is 0 Å². The van der Waals surface area contributed by atoms with Gasteiger partial charge in [-0.3, -0.25) is 4.79 Å². The number of aliphatic carboxylic acids is 1. The normalized spacial score (nSPS) is 25.4. The van der Waals surface area contributed by atoms with Crippen LogP contribution in [0.25, 0.3) is 0 Å². The van der Waals surface area contributed by atoms with Crippen LogP contribution >= 0.6 is 0 Å². The second kappa shape index (κ2) is 7.36. The summed E-state index contributed by atoms with van der Waals surface area (Å²) in [5.41, 5.74) is 5.68. The van der Waals surface area contributed by atoms with Crippen LogP contribution in [0.2, 0.25) is 0 Å². The van der Waals surface area contributed by atoms with Crippen LogP contribution in [0.3, 0.4) is 0 Å². The van der Waals surface area contributed by atoms with E-state index in [0.29, 0.717) is 13.0 Å². The van der Waals surface area contributed by atoms with E-state index in [4.69, 9.17) is 10.8 Å². The zero-order chi connectivity index (χ0) is 13.5. The lowest BCUT2D eigenvalue weighted by atomic mass is 9.78. The maximum absolute atomic E-state index is 12.1. The Bertz CT molecular complexity index is 294. The number of nitrogens with one attached hydrogen (secondary N) is 1. The van der Waals surface area contributed by atoms with Crippen molar-refractivity contribution in [3.63, 3.8) is 0 Å². The van der Waals surface area contributed by atoms with Crippen molar-refractivity contribution in [1.29, 1.82) is 0 Å². The van der Waals surface area contributed by atoms with Gasteiger partial charge in [0.25, 0.3) is 0 Å². The van der Waals surface area contributed by atoms with Crippen LogP contribution < -0.4 is 11.1 Å². The maximum atomic E-state index is 12.1. The van der Waals surface area contributed by atoms with Gasteiger partial charge in [0.1, 0.15) is 6.04 Å². The first-order valence-corrected chi connectivity index (χ1v) is 6.83. The van der Waals surface area contributed by atoms with E-state index < -0.39 is 12.0 Å². The van der Waals surface area contributed by atoms with Crippen LogP contribution in [0.5, 0.6) is 0 Å². The largest absolute Gasteiger partial charge is 0.480 e. The predicted molar refractivity (Wildman–Crippen MR) is 69.0 cm³/mol. The fraction of sp³-hybridized carbons (Fsp3) is 0.846. The highest BCUT2D eigenvalue weighted by Gasteiger charge is 2.32. The maximum Gasteiger partial charge on any atom is 0.326 e. The highest BCUT2D eigenvalue weighted by molar-refractivity contribution is 5.85. The first-order chi connectivity index (χ1) is 8.60. The molecule has 0 bridgehead atoms. The Labute approximate surface area is 108 Å².